The maximum Gasteiger partial charge on any atom is 0.216 e. The summed E-state index contributed by atoms with van der Waals surface area (Å²) in [6.45, 7) is 11.6. The van der Waals surface area contributed by atoms with Crippen LogP contribution >= 0.6 is 0 Å². The van der Waals surface area contributed by atoms with E-state index in [0.29, 0.717) is 0 Å². The van der Waals surface area contributed by atoms with Gasteiger partial charge in [0, 0.05) is 34.7 Å². The molecule has 3 nitrogen and oxygen atoms in total. The normalized spacial score (nSPS) is 16.5. The van der Waals surface area contributed by atoms with Crippen molar-refractivity contribution in [3.63, 3.8) is 0 Å². The number of nitrogens with zero attached hydrogens (tertiary/aromatic N) is 2. The third kappa shape index (κ3) is 3.32. The third-order valence-corrected chi connectivity index (χ3v) is 8.20. The summed E-state index contributed by atoms with van der Waals surface area (Å²) in [5.41, 5.74) is 10.6. The molecule has 0 radical (unpaired) electrons. The van der Waals surface area contributed by atoms with Gasteiger partial charge >= 0.3 is 0 Å². The zero-order chi connectivity index (χ0) is 24.5. The quantitative estimate of drug-likeness (QED) is 0.251. The molecule has 0 aliphatic heterocycles. The Hall–Kier alpha value is -3.46. The van der Waals surface area contributed by atoms with Gasteiger partial charge in [0.25, 0.3) is 0 Å². The van der Waals surface area contributed by atoms with Gasteiger partial charge < -0.3 is 4.42 Å². The topological polar surface area (TPSA) is 29.9 Å². The SMILES string of the molecule is Cc1ccc2c(oc3c(-c4ccc5c(c4)C(C)(C)CCC5(C)C)nccc32)c1-c1cccc[n+]1C. The van der Waals surface area contributed by atoms with Gasteiger partial charge in [-0.3, -0.25) is 4.98 Å². The predicted molar refractivity (Wildman–Crippen MR) is 144 cm³/mol. The minimum absolute atomic E-state index is 0.148. The number of pyridine rings is 2. The number of aromatic nitrogens is 2. The van der Waals surface area contributed by atoms with Gasteiger partial charge in [0.15, 0.2) is 11.8 Å². The number of hydrogen-bond acceptors (Lipinski definition) is 2. The maximum absolute atomic E-state index is 6.72. The van der Waals surface area contributed by atoms with Crippen LogP contribution in [0.5, 0.6) is 0 Å². The van der Waals surface area contributed by atoms with E-state index < -0.39 is 0 Å². The fraction of sp³-hybridized carbons (Fsp3) is 0.312. The van der Waals surface area contributed by atoms with E-state index in [1.165, 1.54) is 29.5 Å². The van der Waals surface area contributed by atoms with E-state index in [1.54, 1.807) is 0 Å². The summed E-state index contributed by atoms with van der Waals surface area (Å²) in [4.78, 5) is 4.85. The molecule has 2 aromatic carbocycles. The standard InChI is InChI=1S/C32H33N2O/c1-20-10-12-22-23-14-17-33-28(30(23)35-29(22)27(20)26-9-7-8-18-34(26)6)21-11-13-24-25(19-21)32(4,5)16-15-31(24,2)3/h7-14,17-19H,15-16H2,1-6H3/q+1. The highest BCUT2D eigenvalue weighted by Gasteiger charge is 2.37. The van der Waals surface area contributed by atoms with Crippen LogP contribution in [0, 0.1) is 6.92 Å². The van der Waals surface area contributed by atoms with E-state index >= 15 is 0 Å². The molecule has 5 aromatic rings. The lowest BCUT2D eigenvalue weighted by molar-refractivity contribution is -0.660. The van der Waals surface area contributed by atoms with Crippen LogP contribution in [0.25, 0.3) is 44.5 Å². The summed E-state index contributed by atoms with van der Waals surface area (Å²) in [5, 5.41) is 2.25. The van der Waals surface area contributed by atoms with Crippen molar-refractivity contribution in [2.45, 2.75) is 58.3 Å². The maximum atomic E-state index is 6.72. The number of furan rings is 1. The van der Waals surface area contributed by atoms with E-state index in [4.69, 9.17) is 9.40 Å². The molecule has 0 unspecified atom stereocenters. The zero-order valence-electron chi connectivity index (χ0n) is 21.6. The highest BCUT2D eigenvalue weighted by Crippen LogP contribution is 2.47. The largest absolute Gasteiger partial charge is 0.453 e. The lowest BCUT2D eigenvalue weighted by atomic mass is 9.63. The van der Waals surface area contributed by atoms with Gasteiger partial charge in [-0.2, -0.15) is 0 Å². The summed E-state index contributed by atoms with van der Waals surface area (Å²) in [5.74, 6) is 0. The second kappa shape index (κ2) is 7.52. The Morgan fingerprint density at radius 2 is 1.57 bits per heavy atom. The average molecular weight is 462 g/mol. The van der Waals surface area contributed by atoms with E-state index in [-0.39, 0.29) is 10.8 Å². The number of benzene rings is 2. The van der Waals surface area contributed by atoms with Crippen LogP contribution in [0.1, 0.15) is 57.2 Å². The molecule has 1 aliphatic rings. The van der Waals surface area contributed by atoms with Crippen LogP contribution < -0.4 is 4.57 Å². The Labute approximate surface area is 207 Å². The number of rotatable bonds is 2. The van der Waals surface area contributed by atoms with Gasteiger partial charge in [-0.1, -0.05) is 52.0 Å². The Bertz CT molecular complexity index is 1620. The first-order chi connectivity index (χ1) is 16.7. The minimum atomic E-state index is 0.148. The van der Waals surface area contributed by atoms with Gasteiger partial charge in [-0.15, -0.1) is 0 Å². The summed E-state index contributed by atoms with van der Waals surface area (Å²) >= 11 is 0. The van der Waals surface area contributed by atoms with Gasteiger partial charge in [-0.25, -0.2) is 4.57 Å². The van der Waals surface area contributed by atoms with E-state index in [1.807, 2.05) is 6.20 Å². The monoisotopic (exact) mass is 461 g/mol. The molecule has 6 rings (SSSR count). The van der Waals surface area contributed by atoms with Crippen molar-refractivity contribution in [3.05, 3.63) is 83.7 Å². The molecule has 0 amide bonds. The summed E-state index contributed by atoms with van der Waals surface area (Å²) in [6, 6.07) is 19.7. The fourth-order valence-corrected chi connectivity index (χ4v) is 5.91. The average Bonchev–Trinajstić information content (AvgIpc) is 3.21. The second-order valence-corrected chi connectivity index (χ2v) is 11.5. The molecule has 35 heavy (non-hydrogen) atoms. The smallest absolute Gasteiger partial charge is 0.216 e. The van der Waals surface area contributed by atoms with Crippen molar-refractivity contribution in [1.82, 2.24) is 4.98 Å². The summed E-state index contributed by atoms with van der Waals surface area (Å²) < 4.78 is 8.87. The van der Waals surface area contributed by atoms with Crippen LogP contribution in [0.2, 0.25) is 0 Å². The van der Waals surface area contributed by atoms with Gasteiger partial charge in [0.2, 0.25) is 5.69 Å². The summed E-state index contributed by atoms with van der Waals surface area (Å²) in [7, 11) is 2.08. The molecule has 1 aliphatic carbocycles. The highest BCUT2D eigenvalue weighted by atomic mass is 16.3. The Morgan fingerprint density at radius 1 is 0.829 bits per heavy atom. The van der Waals surface area contributed by atoms with Gasteiger partial charge in [0.05, 0.1) is 5.56 Å². The Balaban J connectivity index is 1.62. The van der Waals surface area contributed by atoms with Crippen LogP contribution in [0.15, 0.2) is 71.4 Å². The molecule has 0 saturated heterocycles. The highest BCUT2D eigenvalue weighted by molar-refractivity contribution is 6.12. The molecule has 3 heterocycles. The van der Waals surface area contributed by atoms with Crippen molar-refractivity contribution in [3.8, 4) is 22.5 Å². The van der Waals surface area contributed by atoms with Crippen molar-refractivity contribution >= 4 is 21.9 Å². The van der Waals surface area contributed by atoms with Crippen LogP contribution in [-0.2, 0) is 17.9 Å². The van der Waals surface area contributed by atoms with E-state index in [9.17, 15) is 0 Å². The molecular formula is C32H33N2O+. The molecule has 0 fully saturated rings. The molecule has 176 valence electrons. The minimum Gasteiger partial charge on any atom is -0.453 e. The molecule has 3 heteroatoms. The Morgan fingerprint density at radius 3 is 2.34 bits per heavy atom. The van der Waals surface area contributed by atoms with Gasteiger partial charge in [-0.05, 0) is 65.5 Å². The van der Waals surface area contributed by atoms with Crippen molar-refractivity contribution in [1.29, 1.82) is 0 Å². The van der Waals surface area contributed by atoms with Crippen molar-refractivity contribution in [2.24, 2.45) is 7.05 Å². The van der Waals surface area contributed by atoms with Gasteiger partial charge in [0.1, 0.15) is 18.3 Å². The molecule has 0 N–H and O–H groups in total. The van der Waals surface area contributed by atoms with Crippen LogP contribution in [0.3, 0.4) is 0 Å². The number of hydrogen-bond donors (Lipinski definition) is 0. The molecule has 0 atom stereocenters. The third-order valence-electron chi connectivity index (χ3n) is 8.20. The summed E-state index contributed by atoms with van der Waals surface area (Å²) in [6.07, 6.45) is 6.40. The molecule has 3 aromatic heterocycles. The first-order valence-corrected chi connectivity index (χ1v) is 12.6. The van der Waals surface area contributed by atoms with Crippen molar-refractivity contribution in [2.75, 3.05) is 0 Å². The first-order valence-electron chi connectivity index (χ1n) is 12.6. The van der Waals surface area contributed by atoms with Crippen LogP contribution in [0.4, 0.5) is 0 Å². The van der Waals surface area contributed by atoms with E-state index in [0.717, 1.165) is 44.5 Å². The number of fused-ring (bicyclic) bond motifs is 4. The zero-order valence-corrected chi connectivity index (χ0v) is 21.6. The Kier molecular flexibility index (Phi) is 4.73. The molecular weight excluding hydrogens is 428 g/mol. The lowest BCUT2D eigenvalue weighted by Crippen LogP contribution is -2.33. The number of aryl methyl sites for hydroxylation is 2. The molecule has 0 bridgehead atoms. The van der Waals surface area contributed by atoms with Crippen molar-refractivity contribution < 1.29 is 8.98 Å². The van der Waals surface area contributed by atoms with Crippen LogP contribution in [-0.4, -0.2) is 4.98 Å². The second-order valence-electron chi connectivity index (χ2n) is 11.5. The van der Waals surface area contributed by atoms with E-state index in [2.05, 4.69) is 107 Å². The fourth-order valence-electron chi connectivity index (χ4n) is 5.91. The lowest BCUT2D eigenvalue weighted by Gasteiger charge is -2.42. The molecule has 0 saturated carbocycles. The first kappa shape index (κ1) is 22.0. The molecule has 0 spiro atoms. The predicted octanol–water partition coefficient (Wildman–Crippen LogP) is 7.80.